The van der Waals surface area contributed by atoms with Gasteiger partial charge >= 0.3 is 6.18 Å². The molecule has 1 aliphatic carbocycles. The van der Waals surface area contributed by atoms with Crippen LogP contribution in [0.1, 0.15) is 37.7 Å². The summed E-state index contributed by atoms with van der Waals surface area (Å²) in [5.74, 6) is 0.871. The van der Waals surface area contributed by atoms with Crippen molar-refractivity contribution in [3.63, 3.8) is 0 Å². The molecule has 11 heteroatoms. The van der Waals surface area contributed by atoms with E-state index in [1.807, 2.05) is 4.90 Å². The number of carbonyl (C=O) groups excluding carboxylic acids is 1. The number of likely N-dealkylation sites (tertiary alicyclic amines) is 1. The number of ether oxygens (including phenoxy) is 1. The van der Waals surface area contributed by atoms with E-state index in [1.165, 1.54) is 6.20 Å². The molecule has 1 unspecified atom stereocenters. The second-order valence-electron chi connectivity index (χ2n) is 7.69. The lowest BCUT2D eigenvalue weighted by Gasteiger charge is -2.21. The van der Waals surface area contributed by atoms with Crippen LogP contribution in [0.3, 0.4) is 0 Å². The zero-order valence-corrected chi connectivity index (χ0v) is 19.8. The molecule has 1 amide bonds. The first kappa shape index (κ1) is 25.5. The Bertz CT molecular complexity index is 757. The predicted molar refractivity (Wildman–Crippen MR) is 121 cm³/mol. The van der Waals surface area contributed by atoms with Gasteiger partial charge < -0.3 is 20.3 Å². The molecule has 1 aromatic rings. The molecule has 2 fully saturated rings. The number of hydrogen-bond acceptors (Lipinski definition) is 4. The summed E-state index contributed by atoms with van der Waals surface area (Å²) in [4.78, 5) is 22.6. The van der Waals surface area contributed by atoms with E-state index in [1.54, 1.807) is 19.2 Å². The first-order valence-electron chi connectivity index (χ1n) is 10.2. The van der Waals surface area contributed by atoms with Gasteiger partial charge in [-0.05, 0) is 25.3 Å². The summed E-state index contributed by atoms with van der Waals surface area (Å²) in [6.45, 7) is 0.167. The quantitative estimate of drug-likeness (QED) is 0.321. The molecule has 3 rings (SSSR count). The molecule has 31 heavy (non-hydrogen) atoms. The third kappa shape index (κ3) is 7.69. The zero-order chi connectivity index (χ0) is 21.6. The fraction of sp³-hybridized carbons (Fsp3) is 0.650. The molecule has 7 nitrogen and oxygen atoms in total. The highest BCUT2D eigenvalue weighted by molar-refractivity contribution is 14.0. The molecule has 0 aromatic carbocycles. The number of halogens is 4. The molecule has 1 aromatic heterocycles. The van der Waals surface area contributed by atoms with Crippen LogP contribution in [0.5, 0.6) is 5.88 Å². The van der Waals surface area contributed by atoms with Gasteiger partial charge in [0.25, 0.3) is 0 Å². The van der Waals surface area contributed by atoms with Gasteiger partial charge in [-0.2, -0.15) is 13.2 Å². The molecule has 0 bridgehead atoms. The minimum absolute atomic E-state index is 0. The lowest BCUT2D eigenvalue weighted by atomic mass is 10.1. The number of guanidine groups is 1. The van der Waals surface area contributed by atoms with Crippen LogP contribution in [0.15, 0.2) is 23.3 Å². The Balaban J connectivity index is 0.00000341. The third-order valence-electron chi connectivity index (χ3n) is 5.44. The number of hydrogen-bond donors (Lipinski definition) is 2. The zero-order valence-electron chi connectivity index (χ0n) is 17.5. The lowest BCUT2D eigenvalue weighted by Crippen LogP contribution is -2.45. The molecular weight excluding hydrogens is 526 g/mol. The molecule has 0 spiro atoms. The van der Waals surface area contributed by atoms with Crippen molar-refractivity contribution in [1.29, 1.82) is 0 Å². The van der Waals surface area contributed by atoms with E-state index in [4.69, 9.17) is 4.74 Å². The summed E-state index contributed by atoms with van der Waals surface area (Å²) >= 11 is 0. The highest BCUT2D eigenvalue weighted by Gasteiger charge is 2.32. The van der Waals surface area contributed by atoms with E-state index in [0.29, 0.717) is 18.1 Å². The summed E-state index contributed by atoms with van der Waals surface area (Å²) in [7, 11) is 1.62. The maximum atomic E-state index is 12.6. The van der Waals surface area contributed by atoms with E-state index in [0.717, 1.165) is 38.6 Å². The SMILES string of the molecule is CN=C(NCc1cccnc1OCC(F)(F)F)NC1CCN(C(=O)C2CCCC2)C1.I. The van der Waals surface area contributed by atoms with Crippen molar-refractivity contribution >= 4 is 35.8 Å². The summed E-state index contributed by atoms with van der Waals surface area (Å²) in [5.41, 5.74) is 0.495. The van der Waals surface area contributed by atoms with Crippen LogP contribution in [-0.4, -0.2) is 60.7 Å². The van der Waals surface area contributed by atoms with Crippen LogP contribution in [0, 0.1) is 5.92 Å². The third-order valence-corrected chi connectivity index (χ3v) is 5.44. The monoisotopic (exact) mass is 555 g/mol. The number of carbonyl (C=O) groups is 1. The van der Waals surface area contributed by atoms with Gasteiger partial charge in [-0.1, -0.05) is 18.9 Å². The van der Waals surface area contributed by atoms with Crippen molar-refractivity contribution < 1.29 is 22.7 Å². The molecule has 2 N–H and O–H groups in total. The normalized spacial score (nSPS) is 19.8. The van der Waals surface area contributed by atoms with Crippen LogP contribution < -0.4 is 15.4 Å². The summed E-state index contributed by atoms with van der Waals surface area (Å²) in [5, 5.41) is 6.37. The van der Waals surface area contributed by atoms with Crippen LogP contribution in [0.2, 0.25) is 0 Å². The molecule has 1 saturated heterocycles. The second-order valence-corrected chi connectivity index (χ2v) is 7.69. The van der Waals surface area contributed by atoms with E-state index < -0.39 is 12.8 Å². The number of aliphatic imine (C=N–C) groups is 1. The molecular formula is C20H29F3IN5O2. The maximum absolute atomic E-state index is 12.6. The van der Waals surface area contributed by atoms with Gasteiger partial charge in [0.1, 0.15) is 0 Å². The van der Waals surface area contributed by atoms with Gasteiger partial charge in [-0.25, -0.2) is 4.98 Å². The number of nitrogens with one attached hydrogen (secondary N) is 2. The highest BCUT2D eigenvalue weighted by atomic mass is 127. The largest absolute Gasteiger partial charge is 0.468 e. The molecule has 2 heterocycles. The van der Waals surface area contributed by atoms with Crippen LogP contribution in [-0.2, 0) is 11.3 Å². The summed E-state index contributed by atoms with van der Waals surface area (Å²) in [6, 6.07) is 3.37. The number of amides is 1. The maximum Gasteiger partial charge on any atom is 0.422 e. The Morgan fingerprint density at radius 3 is 2.74 bits per heavy atom. The number of nitrogens with zero attached hydrogens (tertiary/aromatic N) is 3. The van der Waals surface area contributed by atoms with Crippen molar-refractivity contribution in [2.24, 2.45) is 10.9 Å². The summed E-state index contributed by atoms with van der Waals surface area (Å²) < 4.78 is 42.1. The Labute approximate surface area is 197 Å². The van der Waals surface area contributed by atoms with Crippen LogP contribution in [0.25, 0.3) is 0 Å². The molecule has 0 radical (unpaired) electrons. The number of pyridine rings is 1. The fourth-order valence-corrected chi connectivity index (χ4v) is 3.91. The van der Waals surface area contributed by atoms with Crippen molar-refractivity contribution in [2.75, 3.05) is 26.7 Å². The second kappa shape index (κ2) is 11.7. The number of aromatic nitrogens is 1. The van der Waals surface area contributed by atoms with Gasteiger partial charge in [0.2, 0.25) is 11.8 Å². The summed E-state index contributed by atoms with van der Waals surface area (Å²) in [6.07, 6.45) is 2.02. The van der Waals surface area contributed by atoms with E-state index >= 15 is 0 Å². The van der Waals surface area contributed by atoms with Gasteiger partial charge in [0, 0.05) is 50.4 Å². The van der Waals surface area contributed by atoms with Crippen LogP contribution in [0.4, 0.5) is 13.2 Å². The van der Waals surface area contributed by atoms with E-state index in [2.05, 4.69) is 20.6 Å². The molecule has 2 aliphatic rings. The minimum atomic E-state index is -4.43. The highest BCUT2D eigenvalue weighted by Crippen LogP contribution is 2.28. The predicted octanol–water partition coefficient (Wildman–Crippen LogP) is 3.10. The average Bonchev–Trinajstić information content (AvgIpc) is 3.41. The minimum Gasteiger partial charge on any atom is -0.468 e. The number of rotatable bonds is 6. The smallest absolute Gasteiger partial charge is 0.422 e. The fourth-order valence-electron chi connectivity index (χ4n) is 3.91. The van der Waals surface area contributed by atoms with Gasteiger partial charge in [-0.15, -0.1) is 24.0 Å². The topological polar surface area (TPSA) is 78.9 Å². The Morgan fingerprint density at radius 2 is 2.06 bits per heavy atom. The first-order valence-corrected chi connectivity index (χ1v) is 10.2. The van der Waals surface area contributed by atoms with Crippen molar-refractivity contribution in [3.8, 4) is 5.88 Å². The van der Waals surface area contributed by atoms with Crippen molar-refractivity contribution in [3.05, 3.63) is 23.9 Å². The van der Waals surface area contributed by atoms with E-state index in [9.17, 15) is 18.0 Å². The van der Waals surface area contributed by atoms with Gasteiger partial charge in [0.05, 0.1) is 0 Å². The standard InChI is InChI=1S/C20H28F3N5O2.HI/c1-24-19(26-11-15-7-4-9-25-17(15)30-13-20(21,22)23)27-16-8-10-28(12-16)18(29)14-5-2-3-6-14;/h4,7,9,14,16H,2-3,5-6,8,10-13H2,1H3,(H2,24,26,27);1H. The first-order chi connectivity index (χ1) is 14.4. The molecule has 1 saturated carbocycles. The Morgan fingerprint density at radius 1 is 1.32 bits per heavy atom. The van der Waals surface area contributed by atoms with Crippen molar-refractivity contribution in [1.82, 2.24) is 20.5 Å². The average molecular weight is 555 g/mol. The molecule has 1 aliphatic heterocycles. The van der Waals surface area contributed by atoms with Crippen LogP contribution >= 0.6 is 24.0 Å². The molecule has 1 atom stereocenters. The lowest BCUT2D eigenvalue weighted by molar-refractivity contribution is -0.154. The Hall–Kier alpha value is -1.79. The number of alkyl halides is 3. The Kier molecular flexibility index (Phi) is 9.63. The van der Waals surface area contributed by atoms with Crippen molar-refractivity contribution in [2.45, 2.75) is 50.9 Å². The van der Waals surface area contributed by atoms with E-state index in [-0.39, 0.29) is 54.3 Å². The molecule has 174 valence electrons. The van der Waals surface area contributed by atoms with Gasteiger partial charge in [0.15, 0.2) is 12.6 Å². The van der Waals surface area contributed by atoms with Gasteiger partial charge in [-0.3, -0.25) is 9.79 Å².